The Morgan fingerprint density at radius 2 is 1.80 bits per heavy atom. The number of amides is 1. The lowest BCUT2D eigenvalue weighted by molar-refractivity contribution is -0.135. The largest absolute Gasteiger partial charge is 0.337 e. The highest BCUT2D eigenvalue weighted by Crippen LogP contribution is 2.29. The van der Waals surface area contributed by atoms with E-state index < -0.39 is 27.7 Å². The summed E-state index contributed by atoms with van der Waals surface area (Å²) in [6.45, 7) is 4.06. The molecular weight excluding hydrogens is 410 g/mol. The fraction of sp³-hybridized carbons (Fsp3) is 0.409. The van der Waals surface area contributed by atoms with Crippen molar-refractivity contribution in [2.45, 2.75) is 38.8 Å². The third kappa shape index (κ3) is 5.05. The zero-order valence-electron chi connectivity index (χ0n) is 17.2. The second-order valence-electron chi connectivity index (χ2n) is 8.04. The summed E-state index contributed by atoms with van der Waals surface area (Å²) in [5.41, 5.74) is 1.06. The Kier molecular flexibility index (Phi) is 6.57. The Morgan fingerprint density at radius 3 is 2.40 bits per heavy atom. The lowest BCUT2D eigenvalue weighted by atomic mass is 9.96. The molecule has 1 fully saturated rings. The Balaban J connectivity index is 1.93. The normalized spacial score (nSPS) is 19.5. The smallest absolute Gasteiger partial charge is 0.225 e. The molecule has 2 aromatic carbocycles. The third-order valence-corrected chi connectivity index (χ3v) is 6.04. The van der Waals surface area contributed by atoms with Gasteiger partial charge in [0.05, 0.1) is 17.9 Å². The Bertz CT molecular complexity index is 1020. The number of hydrogen-bond donors (Lipinski definition) is 1. The van der Waals surface area contributed by atoms with Crippen molar-refractivity contribution >= 4 is 15.9 Å². The summed E-state index contributed by atoms with van der Waals surface area (Å²) in [5.74, 6) is -1.57. The molecule has 1 heterocycles. The molecule has 1 saturated heterocycles. The van der Waals surface area contributed by atoms with Gasteiger partial charge < -0.3 is 4.90 Å². The number of rotatable bonds is 6. The predicted octanol–water partition coefficient (Wildman–Crippen LogP) is 3.35. The summed E-state index contributed by atoms with van der Waals surface area (Å²) in [7, 11) is -3.45. The topological polar surface area (TPSA) is 66.5 Å². The molecule has 5 nitrogen and oxygen atoms in total. The van der Waals surface area contributed by atoms with Gasteiger partial charge in [0.2, 0.25) is 15.9 Å². The van der Waals surface area contributed by atoms with Crippen LogP contribution in [0, 0.1) is 17.6 Å². The first-order valence-corrected chi connectivity index (χ1v) is 11.8. The number of benzene rings is 2. The molecule has 0 radical (unpaired) electrons. The molecule has 2 aromatic rings. The van der Waals surface area contributed by atoms with Crippen LogP contribution in [0.2, 0.25) is 0 Å². The maximum absolute atomic E-state index is 14.2. The van der Waals surface area contributed by atoms with Crippen LogP contribution in [0.4, 0.5) is 8.78 Å². The Hall–Kier alpha value is -2.32. The molecule has 2 atom stereocenters. The van der Waals surface area contributed by atoms with Gasteiger partial charge in [0.1, 0.15) is 11.6 Å². The Morgan fingerprint density at radius 1 is 1.17 bits per heavy atom. The molecule has 0 aliphatic carbocycles. The maximum Gasteiger partial charge on any atom is 0.225 e. The van der Waals surface area contributed by atoms with Crippen molar-refractivity contribution in [3.05, 3.63) is 59.7 Å². The molecule has 1 amide bonds. The van der Waals surface area contributed by atoms with Gasteiger partial charge in [-0.3, -0.25) is 4.79 Å². The van der Waals surface area contributed by atoms with Crippen molar-refractivity contribution in [2.24, 2.45) is 5.92 Å². The van der Waals surface area contributed by atoms with Crippen molar-refractivity contribution in [2.75, 3.05) is 12.8 Å². The van der Waals surface area contributed by atoms with Crippen molar-refractivity contribution in [1.82, 2.24) is 9.62 Å². The standard InChI is InChI=1S/C22H26F2N2O3S/c1-14(2)22(27)26-11-10-19(25-30(3,28)29)20(26)13-15-6-4-7-16(12-15)21-17(23)8-5-9-18(21)24/h4-9,12,14,19-20,25H,10-11,13H2,1-3H3/t19-,20-/m1/s1. The minimum absolute atomic E-state index is 0.0471. The number of hydrogen-bond acceptors (Lipinski definition) is 3. The average Bonchev–Trinajstić information content (AvgIpc) is 3.01. The van der Waals surface area contributed by atoms with Gasteiger partial charge in [-0.2, -0.15) is 0 Å². The van der Waals surface area contributed by atoms with Gasteiger partial charge in [0.25, 0.3) is 0 Å². The van der Waals surface area contributed by atoms with Crippen LogP contribution in [0.1, 0.15) is 25.8 Å². The average molecular weight is 437 g/mol. The van der Waals surface area contributed by atoms with E-state index >= 15 is 0 Å². The highest BCUT2D eigenvalue weighted by molar-refractivity contribution is 7.88. The number of nitrogens with zero attached hydrogens (tertiary/aromatic N) is 1. The van der Waals surface area contributed by atoms with Crippen LogP contribution in [-0.4, -0.2) is 44.1 Å². The van der Waals surface area contributed by atoms with E-state index in [1.165, 1.54) is 18.2 Å². The van der Waals surface area contributed by atoms with Crippen molar-refractivity contribution in [1.29, 1.82) is 0 Å². The summed E-state index contributed by atoms with van der Waals surface area (Å²) in [5, 5.41) is 0. The second kappa shape index (κ2) is 8.81. The SMILES string of the molecule is CC(C)C(=O)N1CC[C@@H](NS(C)(=O)=O)[C@H]1Cc1cccc(-c2c(F)cccc2F)c1. The first-order valence-electron chi connectivity index (χ1n) is 9.88. The number of nitrogens with one attached hydrogen (secondary N) is 1. The van der Waals surface area contributed by atoms with Gasteiger partial charge in [0.15, 0.2) is 0 Å². The minimum atomic E-state index is -3.45. The third-order valence-electron chi connectivity index (χ3n) is 5.31. The fourth-order valence-corrected chi connectivity index (χ4v) is 4.82. The molecule has 0 aromatic heterocycles. The molecule has 0 saturated carbocycles. The van der Waals surface area contributed by atoms with Crippen LogP contribution in [0.25, 0.3) is 11.1 Å². The van der Waals surface area contributed by atoms with Gasteiger partial charge in [-0.15, -0.1) is 0 Å². The molecule has 1 aliphatic heterocycles. The van der Waals surface area contributed by atoms with Gasteiger partial charge >= 0.3 is 0 Å². The molecule has 0 unspecified atom stereocenters. The summed E-state index contributed by atoms with van der Waals surface area (Å²) in [6, 6.07) is 9.77. The summed E-state index contributed by atoms with van der Waals surface area (Å²) in [4.78, 5) is 14.4. The molecule has 0 spiro atoms. The predicted molar refractivity (Wildman–Crippen MR) is 112 cm³/mol. The quantitative estimate of drug-likeness (QED) is 0.755. The van der Waals surface area contributed by atoms with Crippen LogP contribution in [0.15, 0.2) is 42.5 Å². The zero-order valence-corrected chi connectivity index (χ0v) is 18.0. The van der Waals surface area contributed by atoms with Crippen molar-refractivity contribution in [3.63, 3.8) is 0 Å². The van der Waals surface area contributed by atoms with Crippen LogP contribution < -0.4 is 4.72 Å². The van der Waals surface area contributed by atoms with E-state index in [1.807, 2.05) is 6.07 Å². The number of carbonyl (C=O) groups is 1. The van der Waals surface area contributed by atoms with E-state index in [-0.39, 0.29) is 23.4 Å². The van der Waals surface area contributed by atoms with Crippen molar-refractivity contribution < 1.29 is 22.0 Å². The first-order chi connectivity index (χ1) is 14.1. The zero-order chi connectivity index (χ0) is 22.1. The Labute approximate surface area is 176 Å². The summed E-state index contributed by atoms with van der Waals surface area (Å²) >= 11 is 0. The van der Waals surface area contributed by atoms with Gasteiger partial charge in [-0.05, 0) is 36.1 Å². The monoisotopic (exact) mass is 436 g/mol. The number of carbonyl (C=O) groups excluding carboxylic acids is 1. The molecule has 1 aliphatic rings. The molecular formula is C22H26F2N2O3S. The van der Waals surface area contributed by atoms with Crippen LogP contribution in [-0.2, 0) is 21.2 Å². The highest BCUT2D eigenvalue weighted by atomic mass is 32.2. The van der Waals surface area contributed by atoms with Crippen LogP contribution in [0.5, 0.6) is 0 Å². The van der Waals surface area contributed by atoms with E-state index in [2.05, 4.69) is 4.72 Å². The highest BCUT2D eigenvalue weighted by Gasteiger charge is 2.39. The van der Waals surface area contributed by atoms with Gasteiger partial charge in [-0.1, -0.05) is 44.2 Å². The first kappa shape index (κ1) is 22.4. The van der Waals surface area contributed by atoms with E-state index in [9.17, 15) is 22.0 Å². The van der Waals surface area contributed by atoms with Crippen LogP contribution >= 0.6 is 0 Å². The van der Waals surface area contributed by atoms with Gasteiger partial charge in [-0.25, -0.2) is 21.9 Å². The molecule has 162 valence electrons. The summed E-state index contributed by atoms with van der Waals surface area (Å²) < 4.78 is 54.7. The molecule has 8 heteroatoms. The number of likely N-dealkylation sites (tertiary alicyclic amines) is 1. The molecule has 1 N–H and O–H groups in total. The van der Waals surface area contributed by atoms with E-state index in [4.69, 9.17) is 0 Å². The van der Waals surface area contributed by atoms with Gasteiger partial charge in [0, 0.05) is 18.5 Å². The maximum atomic E-state index is 14.2. The second-order valence-corrected chi connectivity index (χ2v) is 9.82. The number of halogens is 2. The fourth-order valence-electron chi connectivity index (χ4n) is 3.99. The van der Waals surface area contributed by atoms with E-state index in [1.54, 1.807) is 36.9 Å². The molecule has 30 heavy (non-hydrogen) atoms. The summed E-state index contributed by atoms with van der Waals surface area (Å²) in [6.07, 6.45) is 1.98. The lowest BCUT2D eigenvalue weighted by Gasteiger charge is -2.30. The molecule has 3 rings (SSSR count). The van der Waals surface area contributed by atoms with E-state index in [0.717, 1.165) is 11.8 Å². The number of sulfonamides is 1. The van der Waals surface area contributed by atoms with E-state index in [0.29, 0.717) is 24.9 Å². The molecule has 0 bridgehead atoms. The van der Waals surface area contributed by atoms with Crippen molar-refractivity contribution in [3.8, 4) is 11.1 Å². The van der Waals surface area contributed by atoms with Crippen LogP contribution in [0.3, 0.4) is 0 Å². The minimum Gasteiger partial charge on any atom is -0.337 e. The lowest BCUT2D eigenvalue weighted by Crippen LogP contribution is -2.48.